The molecule has 4 rings (SSSR count). The Labute approximate surface area is 196 Å². The average molecular weight is 447 g/mol. The highest BCUT2D eigenvalue weighted by atomic mass is 16.2. The average Bonchev–Trinajstić information content (AvgIpc) is 3.18. The maximum Gasteiger partial charge on any atom is 0.251 e. The molecule has 1 N–H and O–H groups in total. The first-order valence-electron chi connectivity index (χ1n) is 12.1. The predicted octanol–water partition coefficient (Wildman–Crippen LogP) is 4.50. The molecule has 0 spiro atoms. The van der Waals surface area contributed by atoms with Crippen LogP contribution in [-0.2, 0) is 17.8 Å². The van der Waals surface area contributed by atoms with Gasteiger partial charge in [-0.3, -0.25) is 9.59 Å². The van der Waals surface area contributed by atoms with E-state index in [2.05, 4.69) is 9.88 Å². The molecule has 174 valence electrons. The summed E-state index contributed by atoms with van der Waals surface area (Å²) in [7, 11) is 1.94. The van der Waals surface area contributed by atoms with E-state index in [-0.39, 0.29) is 11.8 Å². The van der Waals surface area contributed by atoms with Crippen LogP contribution in [0.3, 0.4) is 0 Å². The lowest BCUT2D eigenvalue weighted by Crippen LogP contribution is -2.40. The topological polar surface area (TPSA) is 67.2 Å². The molecule has 1 heterocycles. The van der Waals surface area contributed by atoms with Crippen LogP contribution in [0.1, 0.15) is 60.3 Å². The molecule has 0 bridgehead atoms. The summed E-state index contributed by atoms with van der Waals surface area (Å²) in [5.41, 5.74) is 3.64. The number of nitrogens with zero attached hydrogens (tertiary/aromatic N) is 3. The number of likely N-dealkylation sites (N-methyl/N-ethyl adjacent to an activating group) is 1. The van der Waals surface area contributed by atoms with Crippen molar-refractivity contribution < 1.29 is 9.59 Å². The van der Waals surface area contributed by atoms with Crippen LogP contribution >= 0.6 is 0 Å². The lowest BCUT2D eigenvalue weighted by molar-refractivity contribution is -0.133. The van der Waals surface area contributed by atoms with Crippen LogP contribution in [0.2, 0.25) is 0 Å². The zero-order chi connectivity index (χ0) is 23.2. The van der Waals surface area contributed by atoms with Gasteiger partial charge >= 0.3 is 0 Å². The standard InChI is InChI=1S/C27H34N4O2/c1-20-10-8-11-21(18-20)27(33)28-17-9-16-25-29-23-14-6-7-15-24(23)31(25)19-26(32)30(2)22-12-4-3-5-13-22/h6-8,10-11,14-15,18,22H,3-5,9,12-13,16-17,19H2,1-2H3,(H,28,33). The zero-order valence-electron chi connectivity index (χ0n) is 19.7. The number of amides is 2. The normalized spacial score (nSPS) is 14.4. The van der Waals surface area contributed by atoms with Crippen molar-refractivity contribution in [1.82, 2.24) is 19.8 Å². The number of imidazole rings is 1. The molecule has 1 saturated carbocycles. The molecule has 2 aromatic carbocycles. The fourth-order valence-corrected chi connectivity index (χ4v) is 4.75. The van der Waals surface area contributed by atoms with E-state index >= 15 is 0 Å². The Kier molecular flexibility index (Phi) is 7.43. The summed E-state index contributed by atoms with van der Waals surface area (Å²) < 4.78 is 2.05. The van der Waals surface area contributed by atoms with E-state index in [4.69, 9.17) is 4.98 Å². The van der Waals surface area contributed by atoms with Gasteiger partial charge in [-0.15, -0.1) is 0 Å². The second-order valence-corrected chi connectivity index (χ2v) is 9.13. The maximum atomic E-state index is 13.1. The third-order valence-electron chi connectivity index (χ3n) is 6.69. The SMILES string of the molecule is Cc1cccc(C(=O)NCCCc2nc3ccccc3n2CC(=O)N(C)C2CCCCC2)c1. The molecule has 0 radical (unpaired) electrons. The second kappa shape index (κ2) is 10.6. The summed E-state index contributed by atoms with van der Waals surface area (Å²) in [6.45, 7) is 2.85. The Bertz CT molecular complexity index is 1110. The second-order valence-electron chi connectivity index (χ2n) is 9.13. The van der Waals surface area contributed by atoms with Gasteiger partial charge in [0.05, 0.1) is 11.0 Å². The lowest BCUT2D eigenvalue weighted by atomic mass is 9.94. The summed E-state index contributed by atoms with van der Waals surface area (Å²) in [5.74, 6) is 0.974. The largest absolute Gasteiger partial charge is 0.352 e. The smallest absolute Gasteiger partial charge is 0.251 e. The number of hydrogen-bond donors (Lipinski definition) is 1. The Hall–Kier alpha value is -3.15. The molecule has 33 heavy (non-hydrogen) atoms. The van der Waals surface area contributed by atoms with Crippen molar-refractivity contribution in [3.63, 3.8) is 0 Å². The number of carbonyl (C=O) groups is 2. The Balaban J connectivity index is 1.40. The molecular weight excluding hydrogens is 412 g/mol. The first kappa shape index (κ1) is 23.0. The van der Waals surface area contributed by atoms with Crippen LogP contribution in [0.25, 0.3) is 11.0 Å². The van der Waals surface area contributed by atoms with Crippen LogP contribution in [0.5, 0.6) is 0 Å². The molecule has 1 aliphatic rings. The molecule has 6 nitrogen and oxygen atoms in total. The number of aryl methyl sites for hydroxylation is 2. The van der Waals surface area contributed by atoms with E-state index < -0.39 is 0 Å². The van der Waals surface area contributed by atoms with E-state index in [9.17, 15) is 9.59 Å². The number of hydrogen-bond acceptors (Lipinski definition) is 3. The van der Waals surface area contributed by atoms with Crippen molar-refractivity contribution >= 4 is 22.8 Å². The number of para-hydroxylation sites is 2. The van der Waals surface area contributed by atoms with Gasteiger partial charge in [0.15, 0.2) is 0 Å². The molecule has 6 heteroatoms. The Morgan fingerprint density at radius 3 is 2.67 bits per heavy atom. The van der Waals surface area contributed by atoms with Crippen molar-refractivity contribution in [2.75, 3.05) is 13.6 Å². The summed E-state index contributed by atoms with van der Waals surface area (Å²) >= 11 is 0. The summed E-state index contributed by atoms with van der Waals surface area (Å²) in [5, 5.41) is 3.00. The molecule has 1 fully saturated rings. The maximum absolute atomic E-state index is 13.1. The predicted molar refractivity (Wildman–Crippen MR) is 131 cm³/mol. The van der Waals surface area contributed by atoms with E-state index in [0.29, 0.717) is 31.1 Å². The number of carbonyl (C=O) groups excluding carboxylic acids is 2. The number of rotatable bonds is 8. The van der Waals surface area contributed by atoms with Crippen LogP contribution in [-0.4, -0.2) is 45.9 Å². The van der Waals surface area contributed by atoms with Crippen LogP contribution in [0.4, 0.5) is 0 Å². The molecular formula is C27H34N4O2. The van der Waals surface area contributed by atoms with Gasteiger partial charge in [0.25, 0.3) is 5.91 Å². The number of nitrogens with one attached hydrogen (secondary N) is 1. The van der Waals surface area contributed by atoms with Crippen molar-refractivity contribution in [2.24, 2.45) is 0 Å². The minimum atomic E-state index is -0.0588. The molecule has 1 aliphatic carbocycles. The van der Waals surface area contributed by atoms with Gasteiger partial charge in [-0.25, -0.2) is 4.98 Å². The third-order valence-corrected chi connectivity index (χ3v) is 6.69. The Morgan fingerprint density at radius 1 is 1.09 bits per heavy atom. The Morgan fingerprint density at radius 2 is 1.88 bits per heavy atom. The first-order chi connectivity index (χ1) is 16.0. The van der Waals surface area contributed by atoms with E-state index in [0.717, 1.165) is 41.7 Å². The lowest BCUT2D eigenvalue weighted by Gasteiger charge is -2.31. The first-order valence-corrected chi connectivity index (χ1v) is 12.1. The summed E-state index contributed by atoms with van der Waals surface area (Å²) in [6.07, 6.45) is 7.33. The molecule has 2 amide bonds. The fourth-order valence-electron chi connectivity index (χ4n) is 4.75. The summed E-state index contributed by atoms with van der Waals surface area (Å²) in [4.78, 5) is 32.3. The van der Waals surface area contributed by atoms with Gasteiger partial charge in [-0.05, 0) is 50.5 Å². The van der Waals surface area contributed by atoms with Crippen LogP contribution in [0.15, 0.2) is 48.5 Å². The van der Waals surface area contributed by atoms with Gasteiger partial charge in [0.1, 0.15) is 12.4 Å². The third kappa shape index (κ3) is 5.62. The van der Waals surface area contributed by atoms with Gasteiger partial charge < -0.3 is 14.8 Å². The zero-order valence-corrected chi connectivity index (χ0v) is 19.7. The molecule has 1 aromatic heterocycles. The minimum absolute atomic E-state index is 0.0588. The number of benzene rings is 2. The monoisotopic (exact) mass is 446 g/mol. The van der Waals surface area contributed by atoms with Gasteiger partial charge in [0, 0.05) is 31.6 Å². The van der Waals surface area contributed by atoms with Gasteiger partial charge in [-0.1, -0.05) is 49.1 Å². The van der Waals surface area contributed by atoms with E-state index in [1.807, 2.05) is 67.4 Å². The highest BCUT2D eigenvalue weighted by Crippen LogP contribution is 2.23. The van der Waals surface area contributed by atoms with Gasteiger partial charge in [-0.2, -0.15) is 0 Å². The fraction of sp³-hybridized carbons (Fsp3) is 0.444. The van der Waals surface area contributed by atoms with Gasteiger partial charge in [0.2, 0.25) is 5.91 Å². The molecule has 0 unspecified atom stereocenters. The van der Waals surface area contributed by atoms with Crippen molar-refractivity contribution in [3.8, 4) is 0 Å². The van der Waals surface area contributed by atoms with E-state index in [1.54, 1.807) is 0 Å². The van der Waals surface area contributed by atoms with Crippen LogP contribution in [0, 0.1) is 6.92 Å². The quantitative estimate of drug-likeness (QED) is 0.518. The van der Waals surface area contributed by atoms with Crippen molar-refractivity contribution in [2.45, 2.75) is 64.5 Å². The molecule has 0 saturated heterocycles. The van der Waals surface area contributed by atoms with Crippen LogP contribution < -0.4 is 5.32 Å². The number of fused-ring (bicyclic) bond motifs is 1. The molecule has 0 atom stereocenters. The number of aromatic nitrogens is 2. The molecule has 3 aromatic rings. The highest BCUT2D eigenvalue weighted by Gasteiger charge is 2.23. The minimum Gasteiger partial charge on any atom is -0.352 e. The summed E-state index contributed by atoms with van der Waals surface area (Å²) in [6, 6.07) is 15.9. The van der Waals surface area contributed by atoms with Crippen molar-refractivity contribution in [1.29, 1.82) is 0 Å². The highest BCUT2D eigenvalue weighted by molar-refractivity contribution is 5.94. The van der Waals surface area contributed by atoms with Crippen molar-refractivity contribution in [3.05, 3.63) is 65.5 Å². The molecule has 0 aliphatic heterocycles. The van der Waals surface area contributed by atoms with E-state index in [1.165, 1.54) is 19.3 Å².